The summed E-state index contributed by atoms with van der Waals surface area (Å²) in [6.45, 7) is 3.14. The van der Waals surface area contributed by atoms with Gasteiger partial charge in [-0.25, -0.2) is 17.2 Å². The number of pyridine rings is 1. The minimum Gasteiger partial charge on any atom is -0.369 e. The van der Waals surface area contributed by atoms with E-state index < -0.39 is 38.4 Å². The van der Waals surface area contributed by atoms with Crippen molar-refractivity contribution in [3.63, 3.8) is 0 Å². The van der Waals surface area contributed by atoms with Crippen LogP contribution in [0.3, 0.4) is 0 Å². The van der Waals surface area contributed by atoms with Crippen molar-refractivity contribution < 1.29 is 26.8 Å². The van der Waals surface area contributed by atoms with Crippen LogP contribution in [0.5, 0.6) is 0 Å². The van der Waals surface area contributed by atoms with Crippen molar-refractivity contribution in [3.05, 3.63) is 94.9 Å². The Balaban J connectivity index is 1.26. The molecule has 0 spiro atoms. The molecule has 12 nitrogen and oxygen atoms in total. The molecular formula is C30H30F2N8O4S. The van der Waals surface area contributed by atoms with Gasteiger partial charge in [-0.15, -0.1) is 0 Å². The number of nitrogens with zero attached hydrogens (tertiary/aromatic N) is 5. The Morgan fingerprint density at radius 2 is 1.69 bits per heavy atom. The second-order valence-electron chi connectivity index (χ2n) is 10.9. The van der Waals surface area contributed by atoms with E-state index in [0.717, 1.165) is 48.3 Å². The third kappa shape index (κ3) is 6.41. The number of likely N-dealkylation sites (N-methyl/N-ethyl adjacent to an activating group) is 1. The number of fused-ring (bicyclic) bond motifs is 1. The predicted octanol–water partition coefficient (Wildman–Crippen LogP) is 3.09. The van der Waals surface area contributed by atoms with Crippen molar-refractivity contribution in [1.29, 1.82) is 0 Å². The van der Waals surface area contributed by atoms with Crippen LogP contribution in [-0.4, -0.2) is 84.4 Å². The zero-order valence-corrected chi connectivity index (χ0v) is 25.1. The zero-order valence-electron chi connectivity index (χ0n) is 24.3. The number of carbonyl (C=O) groups is 2. The summed E-state index contributed by atoms with van der Waals surface area (Å²) >= 11 is 0. The summed E-state index contributed by atoms with van der Waals surface area (Å²) in [6, 6.07) is 10.6. The highest BCUT2D eigenvalue weighted by molar-refractivity contribution is 7.89. The number of anilines is 3. The molecule has 2 aliphatic heterocycles. The van der Waals surface area contributed by atoms with Gasteiger partial charge in [-0.1, -0.05) is 0 Å². The van der Waals surface area contributed by atoms with Crippen molar-refractivity contribution >= 4 is 39.0 Å². The Morgan fingerprint density at radius 3 is 2.40 bits per heavy atom. The molecule has 2 aliphatic rings. The van der Waals surface area contributed by atoms with Crippen molar-refractivity contribution in [1.82, 2.24) is 24.4 Å². The Morgan fingerprint density at radius 1 is 0.933 bits per heavy atom. The molecule has 6 rings (SSSR count). The van der Waals surface area contributed by atoms with Crippen molar-refractivity contribution in [2.75, 3.05) is 55.3 Å². The van der Waals surface area contributed by atoms with E-state index >= 15 is 0 Å². The van der Waals surface area contributed by atoms with E-state index in [1.165, 1.54) is 6.20 Å². The lowest BCUT2D eigenvalue weighted by Crippen LogP contribution is -2.44. The van der Waals surface area contributed by atoms with Crippen LogP contribution in [0.15, 0.2) is 65.8 Å². The fourth-order valence-corrected chi connectivity index (χ4v) is 6.82. The first-order valence-electron chi connectivity index (χ1n) is 14.2. The van der Waals surface area contributed by atoms with E-state index in [9.17, 15) is 26.8 Å². The molecule has 0 bridgehead atoms. The van der Waals surface area contributed by atoms with Gasteiger partial charge >= 0.3 is 0 Å². The van der Waals surface area contributed by atoms with Gasteiger partial charge in [-0.3, -0.25) is 19.7 Å². The zero-order chi connectivity index (χ0) is 31.7. The van der Waals surface area contributed by atoms with Crippen LogP contribution >= 0.6 is 0 Å². The number of rotatable bonds is 7. The summed E-state index contributed by atoms with van der Waals surface area (Å²) in [6.07, 6.45) is 3.21. The number of hydrogen-bond donors (Lipinski definition) is 3. The summed E-state index contributed by atoms with van der Waals surface area (Å²) in [5, 5.41) is 12.6. The van der Waals surface area contributed by atoms with E-state index in [1.54, 1.807) is 30.5 Å². The number of halogens is 2. The highest BCUT2D eigenvalue weighted by Crippen LogP contribution is 2.31. The molecule has 4 heterocycles. The maximum Gasteiger partial charge on any atom is 0.258 e. The van der Waals surface area contributed by atoms with Gasteiger partial charge in [0.2, 0.25) is 10.0 Å². The lowest BCUT2D eigenvalue weighted by molar-refractivity contribution is 0.102. The Hall–Kier alpha value is -4.73. The molecule has 2 amide bonds. The number of H-pyrrole nitrogens is 1. The van der Waals surface area contributed by atoms with Crippen molar-refractivity contribution in [2.24, 2.45) is 0 Å². The molecule has 1 saturated heterocycles. The SMILES string of the molecule is CN1CCN(c2ccc(C(=O)Nc3n[nH]c4c3CN(S(=O)(=O)c3cc(F)cc(F)c3)CC4)c(NC(=O)c3cccnc3)c2)CC1. The monoisotopic (exact) mass is 636 g/mol. The topological polar surface area (TPSA) is 144 Å². The molecule has 4 aromatic rings. The van der Waals surface area contributed by atoms with E-state index in [1.807, 2.05) is 13.1 Å². The van der Waals surface area contributed by atoms with Gasteiger partial charge < -0.3 is 20.4 Å². The van der Waals surface area contributed by atoms with Gasteiger partial charge in [0, 0.05) is 81.1 Å². The highest BCUT2D eigenvalue weighted by atomic mass is 32.2. The smallest absolute Gasteiger partial charge is 0.258 e. The van der Waals surface area contributed by atoms with Crippen LogP contribution in [0, 0.1) is 11.6 Å². The number of hydrogen-bond acceptors (Lipinski definition) is 8. The molecule has 15 heteroatoms. The lowest BCUT2D eigenvalue weighted by atomic mass is 10.1. The molecule has 2 aromatic heterocycles. The van der Waals surface area contributed by atoms with E-state index in [4.69, 9.17) is 0 Å². The van der Waals surface area contributed by atoms with Gasteiger partial charge in [0.15, 0.2) is 5.82 Å². The number of piperazine rings is 1. The largest absolute Gasteiger partial charge is 0.369 e. The molecule has 1 fully saturated rings. The minimum absolute atomic E-state index is 0.0430. The third-order valence-corrected chi connectivity index (χ3v) is 9.72. The van der Waals surface area contributed by atoms with Gasteiger partial charge in [-0.2, -0.15) is 9.40 Å². The summed E-state index contributed by atoms with van der Waals surface area (Å²) in [5.41, 5.74) is 2.64. The number of sulfonamides is 1. The Labute approximate surface area is 258 Å². The molecule has 234 valence electrons. The second-order valence-corrected chi connectivity index (χ2v) is 12.8. The molecule has 2 aromatic carbocycles. The molecule has 3 N–H and O–H groups in total. The number of aromatic amines is 1. The first kappa shape index (κ1) is 30.3. The molecule has 0 radical (unpaired) electrons. The maximum atomic E-state index is 13.8. The van der Waals surface area contributed by atoms with E-state index in [-0.39, 0.29) is 36.6 Å². The third-order valence-electron chi connectivity index (χ3n) is 7.89. The first-order valence-corrected chi connectivity index (χ1v) is 15.6. The molecule has 0 atom stereocenters. The van der Waals surface area contributed by atoms with Gasteiger partial charge in [0.25, 0.3) is 11.8 Å². The summed E-state index contributed by atoms with van der Waals surface area (Å²) in [7, 11) is -2.20. The van der Waals surface area contributed by atoms with Crippen LogP contribution in [0.2, 0.25) is 0 Å². The minimum atomic E-state index is -4.25. The maximum absolute atomic E-state index is 13.8. The second kappa shape index (κ2) is 12.3. The normalized spacial score (nSPS) is 15.8. The fraction of sp³-hybridized carbons (Fsp3) is 0.267. The number of carbonyl (C=O) groups excluding carboxylic acids is 2. The van der Waals surface area contributed by atoms with E-state index in [0.29, 0.717) is 22.9 Å². The van der Waals surface area contributed by atoms with Crippen molar-refractivity contribution in [2.45, 2.75) is 17.9 Å². The summed E-state index contributed by atoms with van der Waals surface area (Å²) in [5.74, 6) is -2.93. The van der Waals surface area contributed by atoms with Gasteiger partial charge in [0.1, 0.15) is 11.6 Å². The lowest BCUT2D eigenvalue weighted by Gasteiger charge is -2.34. The predicted molar refractivity (Wildman–Crippen MR) is 163 cm³/mol. The number of amides is 2. The van der Waals surface area contributed by atoms with Crippen LogP contribution in [0.25, 0.3) is 0 Å². The van der Waals surface area contributed by atoms with Gasteiger partial charge in [0.05, 0.1) is 21.7 Å². The van der Waals surface area contributed by atoms with Crippen LogP contribution in [-0.2, 0) is 23.0 Å². The molecule has 0 saturated carbocycles. The first-order chi connectivity index (χ1) is 21.6. The highest BCUT2D eigenvalue weighted by Gasteiger charge is 2.32. The average molecular weight is 637 g/mol. The Kier molecular flexibility index (Phi) is 8.31. The molecule has 0 unspecified atom stereocenters. The summed E-state index contributed by atoms with van der Waals surface area (Å²) in [4.78, 5) is 34.6. The van der Waals surface area contributed by atoms with Crippen LogP contribution in [0.1, 0.15) is 32.0 Å². The molecule has 0 aliphatic carbocycles. The number of aromatic nitrogens is 3. The van der Waals surface area contributed by atoms with Crippen LogP contribution < -0.4 is 15.5 Å². The fourth-order valence-electron chi connectivity index (χ4n) is 5.37. The number of nitrogens with one attached hydrogen (secondary N) is 3. The molecule has 45 heavy (non-hydrogen) atoms. The quantitative estimate of drug-likeness (QED) is 0.281. The number of benzene rings is 2. The van der Waals surface area contributed by atoms with Crippen LogP contribution in [0.4, 0.5) is 26.0 Å². The summed E-state index contributed by atoms with van der Waals surface area (Å²) < 4.78 is 55.2. The average Bonchev–Trinajstić information content (AvgIpc) is 3.43. The standard InChI is InChI=1S/C30H30F2N8O4S/c1-38-9-11-39(12-10-38)22-4-5-24(27(16-22)34-29(41)19-3-2-7-33-17-19)30(42)35-28-25-18-40(8-6-26(25)36-37-28)45(43,44)23-14-20(31)13-21(32)15-23/h2-5,7,13-17H,6,8-12,18H2,1H3,(H,34,41)(H2,35,36,37,42). The van der Waals surface area contributed by atoms with E-state index in [2.05, 4.69) is 35.6 Å². The van der Waals surface area contributed by atoms with Gasteiger partial charge in [-0.05, 0) is 49.5 Å². The van der Waals surface area contributed by atoms with Crippen molar-refractivity contribution in [3.8, 4) is 0 Å². The Bertz CT molecular complexity index is 1840. The molecular weight excluding hydrogens is 606 g/mol.